The lowest BCUT2D eigenvalue weighted by Gasteiger charge is -2.16. The number of rotatable bonds is 7. The largest absolute Gasteiger partial charge is 0.491 e. The van der Waals surface area contributed by atoms with Crippen molar-refractivity contribution in [2.45, 2.75) is 20.8 Å². The Kier molecular flexibility index (Phi) is 6.36. The van der Waals surface area contributed by atoms with Crippen LogP contribution in [0.25, 0.3) is 0 Å². The molecule has 0 atom stereocenters. The minimum Gasteiger partial charge on any atom is -0.491 e. The maximum absolute atomic E-state index is 11.4. The minimum absolute atomic E-state index is 0.211. The summed E-state index contributed by atoms with van der Waals surface area (Å²) in [5, 5.41) is 0. The molecule has 19 heavy (non-hydrogen) atoms. The van der Waals surface area contributed by atoms with Crippen molar-refractivity contribution in [3.05, 3.63) is 30.3 Å². The van der Waals surface area contributed by atoms with Gasteiger partial charge in [0.2, 0.25) is 0 Å². The molecule has 0 amide bonds. The molecule has 0 heterocycles. The molecule has 1 aromatic rings. The fraction of sp³-hybridized carbons (Fsp3) is 0.533. The summed E-state index contributed by atoms with van der Waals surface area (Å²) in [5.41, 5.74) is -0.462. The first-order valence-corrected chi connectivity index (χ1v) is 6.43. The number of para-hydroxylation sites is 1. The average Bonchev–Trinajstić information content (AvgIpc) is 2.37. The molecule has 106 valence electrons. The van der Waals surface area contributed by atoms with Gasteiger partial charge in [-0.25, -0.2) is 0 Å². The van der Waals surface area contributed by atoms with Crippen LogP contribution in [0.4, 0.5) is 0 Å². The topological polar surface area (TPSA) is 44.8 Å². The van der Waals surface area contributed by atoms with Gasteiger partial charge in [0.25, 0.3) is 0 Å². The molecule has 1 rings (SSSR count). The highest BCUT2D eigenvalue weighted by Crippen LogP contribution is 2.14. The maximum atomic E-state index is 11.4. The lowest BCUT2D eigenvalue weighted by atomic mass is 9.97. The van der Waals surface area contributed by atoms with Gasteiger partial charge >= 0.3 is 5.97 Å². The number of benzene rings is 1. The van der Waals surface area contributed by atoms with Crippen molar-refractivity contribution in [3.8, 4) is 5.75 Å². The van der Waals surface area contributed by atoms with Crippen molar-refractivity contribution in [3.63, 3.8) is 0 Å². The molecule has 0 fully saturated rings. The molecule has 0 aromatic heterocycles. The Labute approximate surface area is 114 Å². The van der Waals surface area contributed by atoms with Gasteiger partial charge in [-0.3, -0.25) is 4.79 Å². The number of carbonyl (C=O) groups excluding carboxylic acids is 1. The van der Waals surface area contributed by atoms with E-state index in [-0.39, 0.29) is 12.6 Å². The van der Waals surface area contributed by atoms with Gasteiger partial charge in [-0.05, 0) is 32.9 Å². The zero-order chi connectivity index (χ0) is 14.1. The van der Waals surface area contributed by atoms with E-state index in [1.165, 1.54) is 0 Å². The highest BCUT2D eigenvalue weighted by molar-refractivity contribution is 5.75. The second kappa shape index (κ2) is 7.79. The Bertz CT molecular complexity index is 367. The van der Waals surface area contributed by atoms with Crippen LogP contribution in [0.3, 0.4) is 0 Å². The van der Waals surface area contributed by atoms with Crippen LogP contribution >= 0.6 is 0 Å². The van der Waals surface area contributed by atoms with Gasteiger partial charge in [0.05, 0.1) is 18.6 Å². The highest BCUT2D eigenvalue weighted by Gasteiger charge is 2.22. The SMILES string of the molecule is CC(C)(C)C(=O)OCCOCCOc1ccccc1. The molecule has 0 aliphatic rings. The van der Waals surface area contributed by atoms with Crippen molar-refractivity contribution in [1.82, 2.24) is 0 Å². The van der Waals surface area contributed by atoms with E-state index in [0.717, 1.165) is 5.75 Å². The van der Waals surface area contributed by atoms with Crippen molar-refractivity contribution in [1.29, 1.82) is 0 Å². The van der Waals surface area contributed by atoms with Crippen molar-refractivity contribution in [2.75, 3.05) is 26.4 Å². The van der Waals surface area contributed by atoms with E-state index in [2.05, 4.69) is 0 Å². The third kappa shape index (κ3) is 6.82. The molecule has 0 saturated heterocycles. The number of esters is 1. The lowest BCUT2D eigenvalue weighted by Crippen LogP contribution is -2.24. The fourth-order valence-corrected chi connectivity index (χ4v) is 1.25. The number of ether oxygens (including phenoxy) is 3. The van der Waals surface area contributed by atoms with Gasteiger partial charge in [0, 0.05) is 0 Å². The van der Waals surface area contributed by atoms with Crippen molar-refractivity contribution in [2.24, 2.45) is 5.41 Å². The summed E-state index contributed by atoms with van der Waals surface area (Å²) in [5.74, 6) is 0.613. The Balaban J connectivity index is 1.99. The third-order valence-electron chi connectivity index (χ3n) is 2.31. The van der Waals surface area contributed by atoms with E-state index < -0.39 is 5.41 Å². The van der Waals surface area contributed by atoms with Crippen LogP contribution in [0.5, 0.6) is 5.75 Å². The number of hydrogen-bond acceptors (Lipinski definition) is 4. The van der Waals surface area contributed by atoms with E-state index in [0.29, 0.717) is 19.8 Å². The second-order valence-corrected chi connectivity index (χ2v) is 5.16. The first kappa shape index (κ1) is 15.5. The zero-order valence-corrected chi connectivity index (χ0v) is 11.8. The Morgan fingerprint density at radius 2 is 1.63 bits per heavy atom. The Morgan fingerprint density at radius 3 is 2.26 bits per heavy atom. The Hall–Kier alpha value is -1.55. The molecule has 0 bridgehead atoms. The van der Waals surface area contributed by atoms with Crippen LogP contribution in [-0.2, 0) is 14.3 Å². The number of hydrogen-bond donors (Lipinski definition) is 0. The molecule has 0 spiro atoms. The molecule has 4 heteroatoms. The summed E-state index contributed by atoms with van der Waals surface area (Å²) < 4.78 is 15.8. The standard InChI is InChI=1S/C15H22O4/c1-15(2,3)14(16)19-12-10-17-9-11-18-13-7-5-4-6-8-13/h4-8H,9-12H2,1-3H3. The third-order valence-corrected chi connectivity index (χ3v) is 2.31. The summed E-state index contributed by atoms with van der Waals surface area (Å²) >= 11 is 0. The molecular weight excluding hydrogens is 244 g/mol. The predicted octanol–water partition coefficient (Wildman–Crippen LogP) is 2.67. The summed E-state index contributed by atoms with van der Waals surface area (Å²) in [7, 11) is 0. The van der Waals surface area contributed by atoms with Crippen LogP contribution in [0.1, 0.15) is 20.8 Å². The van der Waals surface area contributed by atoms with Crippen LogP contribution in [0, 0.1) is 5.41 Å². The fourth-order valence-electron chi connectivity index (χ4n) is 1.25. The predicted molar refractivity (Wildman–Crippen MR) is 73.2 cm³/mol. The number of carbonyl (C=O) groups is 1. The monoisotopic (exact) mass is 266 g/mol. The summed E-state index contributed by atoms with van der Waals surface area (Å²) in [6.07, 6.45) is 0. The molecule has 0 N–H and O–H groups in total. The van der Waals surface area contributed by atoms with Crippen LogP contribution in [0.2, 0.25) is 0 Å². The van der Waals surface area contributed by atoms with E-state index >= 15 is 0 Å². The second-order valence-electron chi connectivity index (χ2n) is 5.16. The van der Waals surface area contributed by atoms with Gasteiger partial charge in [0.15, 0.2) is 0 Å². The molecule has 4 nitrogen and oxygen atoms in total. The average molecular weight is 266 g/mol. The van der Waals surface area contributed by atoms with Gasteiger partial charge in [0.1, 0.15) is 19.0 Å². The summed E-state index contributed by atoms with van der Waals surface area (Å²) in [6, 6.07) is 9.56. The van der Waals surface area contributed by atoms with Gasteiger partial charge in [-0.15, -0.1) is 0 Å². The van der Waals surface area contributed by atoms with Crippen molar-refractivity contribution >= 4 is 5.97 Å². The molecular formula is C15H22O4. The highest BCUT2D eigenvalue weighted by atomic mass is 16.6. The molecule has 0 saturated carbocycles. The van der Waals surface area contributed by atoms with Gasteiger partial charge in [-0.1, -0.05) is 18.2 Å². The van der Waals surface area contributed by atoms with E-state index in [1.54, 1.807) is 0 Å². The van der Waals surface area contributed by atoms with Crippen LogP contribution in [-0.4, -0.2) is 32.4 Å². The zero-order valence-electron chi connectivity index (χ0n) is 11.8. The summed E-state index contributed by atoms with van der Waals surface area (Å²) in [6.45, 7) is 7.10. The van der Waals surface area contributed by atoms with E-state index in [9.17, 15) is 4.79 Å². The van der Waals surface area contributed by atoms with Crippen LogP contribution in [0.15, 0.2) is 30.3 Å². The smallest absolute Gasteiger partial charge is 0.311 e. The Morgan fingerprint density at radius 1 is 1.00 bits per heavy atom. The normalized spacial score (nSPS) is 11.1. The molecule has 0 aliphatic carbocycles. The van der Waals surface area contributed by atoms with Gasteiger partial charge < -0.3 is 14.2 Å². The molecule has 0 radical (unpaired) electrons. The quantitative estimate of drug-likeness (QED) is 0.562. The lowest BCUT2D eigenvalue weighted by molar-refractivity contribution is -0.154. The first-order valence-electron chi connectivity index (χ1n) is 6.43. The van der Waals surface area contributed by atoms with E-state index in [1.807, 2.05) is 51.1 Å². The van der Waals surface area contributed by atoms with E-state index in [4.69, 9.17) is 14.2 Å². The maximum Gasteiger partial charge on any atom is 0.311 e. The molecule has 0 aliphatic heterocycles. The van der Waals surface area contributed by atoms with Gasteiger partial charge in [-0.2, -0.15) is 0 Å². The summed E-state index contributed by atoms with van der Waals surface area (Å²) in [4.78, 5) is 11.4. The molecule has 1 aromatic carbocycles. The van der Waals surface area contributed by atoms with Crippen LogP contribution < -0.4 is 4.74 Å². The van der Waals surface area contributed by atoms with Crippen molar-refractivity contribution < 1.29 is 19.0 Å². The molecule has 0 unspecified atom stereocenters. The first-order chi connectivity index (χ1) is 9.00. The minimum atomic E-state index is -0.462.